The summed E-state index contributed by atoms with van der Waals surface area (Å²) in [7, 11) is 3.97. The molecule has 1 aromatic heterocycles. The summed E-state index contributed by atoms with van der Waals surface area (Å²) in [6.07, 6.45) is 2.24. The number of amides is 1. The maximum absolute atomic E-state index is 12.6. The molecule has 0 aliphatic carbocycles. The summed E-state index contributed by atoms with van der Waals surface area (Å²) in [6, 6.07) is 8.17. The van der Waals surface area contributed by atoms with Crippen LogP contribution in [0.4, 0.5) is 10.8 Å². The minimum atomic E-state index is 0. The van der Waals surface area contributed by atoms with Gasteiger partial charge in [-0.05, 0) is 31.4 Å². The van der Waals surface area contributed by atoms with Crippen molar-refractivity contribution < 1.29 is 4.79 Å². The summed E-state index contributed by atoms with van der Waals surface area (Å²) >= 11 is 1.62. The number of nitrogens with zero attached hydrogens (tertiary/aromatic N) is 4. The van der Waals surface area contributed by atoms with Crippen molar-refractivity contribution in [1.29, 1.82) is 0 Å². The van der Waals surface area contributed by atoms with Gasteiger partial charge in [-0.3, -0.25) is 4.79 Å². The first-order chi connectivity index (χ1) is 14.1. The number of hydrogen-bond donors (Lipinski definition) is 2. The second-order valence-corrected chi connectivity index (χ2v) is 8.00. The molecule has 3 rings (SSSR count). The summed E-state index contributed by atoms with van der Waals surface area (Å²) in [6.45, 7) is 4.85. The average molecular weight is 542 g/mol. The number of guanidine groups is 1. The van der Waals surface area contributed by atoms with E-state index >= 15 is 0 Å². The fraction of sp³-hybridized carbons (Fsp3) is 0.476. The van der Waals surface area contributed by atoms with Crippen molar-refractivity contribution in [3.05, 3.63) is 40.9 Å². The highest BCUT2D eigenvalue weighted by atomic mass is 127. The van der Waals surface area contributed by atoms with E-state index in [1.165, 1.54) is 5.56 Å². The van der Waals surface area contributed by atoms with Gasteiger partial charge in [0, 0.05) is 51.2 Å². The Morgan fingerprint density at radius 3 is 2.83 bits per heavy atom. The summed E-state index contributed by atoms with van der Waals surface area (Å²) < 4.78 is 0. The van der Waals surface area contributed by atoms with Crippen molar-refractivity contribution in [2.24, 2.45) is 4.99 Å². The number of nitrogens with one attached hydrogen (secondary N) is 2. The monoisotopic (exact) mass is 542 g/mol. The third-order valence-electron chi connectivity index (χ3n) is 4.71. The molecule has 1 amide bonds. The van der Waals surface area contributed by atoms with Crippen LogP contribution in [0.5, 0.6) is 0 Å². The van der Waals surface area contributed by atoms with Crippen molar-refractivity contribution in [3.63, 3.8) is 0 Å². The first kappa shape index (κ1) is 24.4. The van der Waals surface area contributed by atoms with Gasteiger partial charge in [0.15, 0.2) is 11.1 Å². The molecule has 0 radical (unpaired) electrons. The van der Waals surface area contributed by atoms with Crippen molar-refractivity contribution >= 4 is 58.0 Å². The zero-order chi connectivity index (χ0) is 20.6. The number of para-hydroxylation sites is 1. The van der Waals surface area contributed by atoms with Crippen LogP contribution in [0.25, 0.3) is 0 Å². The number of halogens is 1. The Labute approximate surface area is 200 Å². The first-order valence-corrected chi connectivity index (χ1v) is 11.0. The van der Waals surface area contributed by atoms with Crippen molar-refractivity contribution in [3.8, 4) is 0 Å². The van der Waals surface area contributed by atoms with E-state index in [1.54, 1.807) is 11.3 Å². The third-order valence-corrected chi connectivity index (χ3v) is 5.77. The van der Waals surface area contributed by atoms with E-state index in [2.05, 4.69) is 26.7 Å². The topological polar surface area (TPSA) is 72.9 Å². The zero-order valence-electron chi connectivity index (χ0n) is 17.9. The summed E-state index contributed by atoms with van der Waals surface area (Å²) in [5, 5.41) is 9.58. The molecular weight excluding hydrogens is 511 g/mol. The fourth-order valence-corrected chi connectivity index (χ4v) is 4.00. The molecule has 9 heteroatoms. The van der Waals surface area contributed by atoms with E-state index in [0.29, 0.717) is 19.5 Å². The Kier molecular flexibility index (Phi) is 9.83. The lowest BCUT2D eigenvalue weighted by Gasteiger charge is -2.17. The Morgan fingerprint density at radius 2 is 2.10 bits per heavy atom. The molecule has 0 fully saturated rings. The van der Waals surface area contributed by atoms with Gasteiger partial charge >= 0.3 is 0 Å². The average Bonchev–Trinajstić information content (AvgIpc) is 3.36. The molecule has 164 valence electrons. The van der Waals surface area contributed by atoms with Crippen LogP contribution in [0.15, 0.2) is 34.6 Å². The number of carbonyl (C=O) groups is 1. The third kappa shape index (κ3) is 6.56. The Bertz CT molecular complexity index is 854. The number of thiazole rings is 1. The normalized spacial score (nSPS) is 12.9. The number of hydrogen-bond acceptors (Lipinski definition) is 5. The summed E-state index contributed by atoms with van der Waals surface area (Å²) in [5.41, 5.74) is 3.29. The van der Waals surface area contributed by atoms with Crippen LogP contribution < -0.4 is 20.4 Å². The molecule has 0 bridgehead atoms. The maximum Gasteiger partial charge on any atom is 0.227 e. The van der Waals surface area contributed by atoms with Crippen LogP contribution >= 0.6 is 35.3 Å². The van der Waals surface area contributed by atoms with Gasteiger partial charge in [0.25, 0.3) is 0 Å². The van der Waals surface area contributed by atoms with E-state index in [0.717, 1.165) is 48.4 Å². The predicted molar refractivity (Wildman–Crippen MR) is 136 cm³/mol. The molecule has 2 heterocycles. The molecule has 30 heavy (non-hydrogen) atoms. The molecule has 1 aliphatic rings. The van der Waals surface area contributed by atoms with Crippen LogP contribution in [0.3, 0.4) is 0 Å². The van der Waals surface area contributed by atoms with E-state index in [4.69, 9.17) is 0 Å². The Hall–Kier alpha value is -1.88. The van der Waals surface area contributed by atoms with Crippen LogP contribution in [0, 0.1) is 0 Å². The fourth-order valence-electron chi connectivity index (χ4n) is 3.25. The van der Waals surface area contributed by atoms with E-state index in [-0.39, 0.29) is 29.9 Å². The molecule has 0 saturated carbocycles. The number of aliphatic imine (C=N–C) groups is 1. The maximum atomic E-state index is 12.6. The number of anilines is 2. The molecule has 1 aromatic carbocycles. The highest BCUT2D eigenvalue weighted by Gasteiger charge is 2.23. The highest BCUT2D eigenvalue weighted by Crippen LogP contribution is 2.28. The smallest absolute Gasteiger partial charge is 0.227 e. The molecular formula is C21H31IN6OS. The van der Waals surface area contributed by atoms with Crippen LogP contribution in [-0.2, 0) is 17.8 Å². The second kappa shape index (κ2) is 12.1. The molecule has 0 atom stereocenters. The highest BCUT2D eigenvalue weighted by molar-refractivity contribution is 14.0. The molecule has 2 N–H and O–H groups in total. The number of benzene rings is 1. The van der Waals surface area contributed by atoms with Crippen LogP contribution in [0.1, 0.15) is 31.0 Å². The van der Waals surface area contributed by atoms with E-state index < -0.39 is 0 Å². The van der Waals surface area contributed by atoms with E-state index in [9.17, 15) is 4.79 Å². The Balaban J connectivity index is 0.00000320. The number of fused-ring (bicyclic) bond motifs is 1. The minimum Gasteiger partial charge on any atom is -0.357 e. The Morgan fingerprint density at radius 1 is 1.30 bits per heavy atom. The standard InChI is InChI=1S/C21H30N6OS.HI/c1-4-22-20(24-14-17-15-29-21(25-17)26(2)3)23-12-7-10-19(28)27-13-11-16-8-5-6-9-18(16)27;/h5-6,8-9,15H,4,7,10-14H2,1-3H3,(H2,22,23,24);1H. The van der Waals surface area contributed by atoms with Gasteiger partial charge in [-0.15, -0.1) is 35.3 Å². The number of rotatable bonds is 8. The van der Waals surface area contributed by atoms with Crippen LogP contribution in [-0.4, -0.2) is 50.6 Å². The lowest BCUT2D eigenvalue weighted by atomic mass is 10.2. The molecule has 0 unspecified atom stereocenters. The number of aromatic nitrogens is 1. The molecule has 0 spiro atoms. The predicted octanol–water partition coefficient (Wildman–Crippen LogP) is 3.25. The van der Waals surface area contributed by atoms with Gasteiger partial charge in [0.2, 0.25) is 5.91 Å². The van der Waals surface area contributed by atoms with Gasteiger partial charge in [-0.25, -0.2) is 9.98 Å². The molecule has 0 saturated heterocycles. The largest absolute Gasteiger partial charge is 0.357 e. The van der Waals surface area contributed by atoms with Crippen molar-refractivity contribution in [2.45, 2.75) is 32.7 Å². The SMILES string of the molecule is CCNC(=NCc1csc(N(C)C)n1)NCCCC(=O)N1CCc2ccccc21.I. The number of carbonyl (C=O) groups excluding carboxylic acids is 1. The van der Waals surface area contributed by atoms with E-state index in [1.807, 2.05) is 54.4 Å². The first-order valence-electron chi connectivity index (χ1n) is 10.1. The molecule has 2 aromatic rings. The van der Waals surface area contributed by atoms with Gasteiger partial charge in [-0.2, -0.15) is 0 Å². The molecule has 7 nitrogen and oxygen atoms in total. The van der Waals surface area contributed by atoms with Gasteiger partial charge < -0.3 is 20.4 Å². The lowest BCUT2D eigenvalue weighted by molar-refractivity contribution is -0.118. The lowest BCUT2D eigenvalue weighted by Crippen LogP contribution is -2.38. The van der Waals surface area contributed by atoms with Crippen molar-refractivity contribution in [1.82, 2.24) is 15.6 Å². The van der Waals surface area contributed by atoms with Gasteiger partial charge in [0.05, 0.1) is 12.2 Å². The van der Waals surface area contributed by atoms with Gasteiger partial charge in [-0.1, -0.05) is 18.2 Å². The minimum absolute atomic E-state index is 0. The van der Waals surface area contributed by atoms with Gasteiger partial charge in [0.1, 0.15) is 0 Å². The van der Waals surface area contributed by atoms with Crippen LogP contribution in [0.2, 0.25) is 0 Å². The second-order valence-electron chi connectivity index (χ2n) is 7.17. The summed E-state index contributed by atoms with van der Waals surface area (Å²) in [5.74, 6) is 0.947. The quantitative estimate of drug-likeness (QED) is 0.232. The summed E-state index contributed by atoms with van der Waals surface area (Å²) in [4.78, 5) is 25.7. The molecule has 1 aliphatic heterocycles. The van der Waals surface area contributed by atoms with Crippen molar-refractivity contribution in [2.75, 3.05) is 43.5 Å². The zero-order valence-corrected chi connectivity index (χ0v) is 21.0.